The number of hydrogen-bond acceptors (Lipinski definition) is 4. The number of rotatable bonds is 5. The Labute approximate surface area is 149 Å². The third-order valence-electron chi connectivity index (χ3n) is 5.55. The molecule has 1 spiro atoms. The number of ether oxygens (including phenoxy) is 1. The van der Waals surface area contributed by atoms with E-state index in [0.29, 0.717) is 26.0 Å². The van der Waals surface area contributed by atoms with Crippen LogP contribution < -0.4 is 0 Å². The Bertz CT molecular complexity index is 597. The van der Waals surface area contributed by atoms with Gasteiger partial charge in [-0.15, -0.1) is 0 Å². The van der Waals surface area contributed by atoms with Gasteiger partial charge >= 0.3 is 0 Å². The molecular weight excluding hydrogens is 318 g/mol. The average molecular weight is 345 g/mol. The van der Waals surface area contributed by atoms with Crippen LogP contribution in [-0.4, -0.2) is 66.5 Å². The molecule has 6 nitrogen and oxygen atoms in total. The molecule has 2 aliphatic heterocycles. The van der Waals surface area contributed by atoms with Crippen LogP contribution in [0, 0.1) is 5.41 Å². The molecule has 0 aromatic carbocycles. The minimum atomic E-state index is 0.150. The second-order valence-corrected chi connectivity index (χ2v) is 7.19. The molecule has 0 radical (unpaired) electrons. The lowest BCUT2D eigenvalue weighted by atomic mass is 9.72. The molecule has 25 heavy (non-hydrogen) atoms. The SMILES string of the molecule is COCCN1CC2(CCC1=O)CCN(C(=O)Cc1ccccn1)CC2. The van der Waals surface area contributed by atoms with Gasteiger partial charge in [0.25, 0.3) is 0 Å². The van der Waals surface area contributed by atoms with Gasteiger partial charge < -0.3 is 14.5 Å². The first-order valence-electron chi connectivity index (χ1n) is 9.06. The summed E-state index contributed by atoms with van der Waals surface area (Å²) in [6.45, 7) is 3.60. The average Bonchev–Trinajstić information content (AvgIpc) is 2.64. The van der Waals surface area contributed by atoms with Gasteiger partial charge in [0.2, 0.25) is 11.8 Å². The number of carbonyl (C=O) groups excluding carboxylic acids is 2. The first kappa shape index (κ1) is 17.9. The summed E-state index contributed by atoms with van der Waals surface area (Å²) in [7, 11) is 1.66. The first-order chi connectivity index (χ1) is 12.1. The Balaban J connectivity index is 1.54. The highest BCUT2D eigenvalue weighted by Crippen LogP contribution is 2.40. The zero-order chi connectivity index (χ0) is 17.7. The number of nitrogens with zero attached hydrogens (tertiary/aromatic N) is 3. The lowest BCUT2D eigenvalue weighted by Gasteiger charge is -2.47. The summed E-state index contributed by atoms with van der Waals surface area (Å²) >= 11 is 0. The van der Waals surface area contributed by atoms with Crippen molar-refractivity contribution in [2.24, 2.45) is 5.41 Å². The van der Waals surface area contributed by atoms with E-state index >= 15 is 0 Å². The smallest absolute Gasteiger partial charge is 0.228 e. The van der Waals surface area contributed by atoms with Gasteiger partial charge in [0.1, 0.15) is 0 Å². The molecule has 2 amide bonds. The predicted octanol–water partition coefficient (Wildman–Crippen LogP) is 1.50. The van der Waals surface area contributed by atoms with E-state index in [1.807, 2.05) is 28.0 Å². The molecule has 1 aromatic heterocycles. The Kier molecular flexibility index (Phi) is 5.68. The van der Waals surface area contributed by atoms with Crippen molar-refractivity contribution in [2.45, 2.75) is 32.1 Å². The predicted molar refractivity (Wildman–Crippen MR) is 93.9 cm³/mol. The number of likely N-dealkylation sites (tertiary alicyclic amines) is 2. The quantitative estimate of drug-likeness (QED) is 0.811. The molecule has 3 heterocycles. The highest BCUT2D eigenvalue weighted by atomic mass is 16.5. The molecule has 136 valence electrons. The summed E-state index contributed by atoms with van der Waals surface area (Å²) in [6, 6.07) is 5.66. The van der Waals surface area contributed by atoms with Crippen molar-refractivity contribution in [3.8, 4) is 0 Å². The molecule has 0 N–H and O–H groups in total. The number of aromatic nitrogens is 1. The zero-order valence-corrected chi connectivity index (χ0v) is 14.9. The van der Waals surface area contributed by atoms with Gasteiger partial charge in [-0.1, -0.05) is 6.07 Å². The van der Waals surface area contributed by atoms with E-state index in [2.05, 4.69) is 4.98 Å². The van der Waals surface area contributed by atoms with Crippen molar-refractivity contribution >= 4 is 11.8 Å². The molecule has 2 fully saturated rings. The Morgan fingerprint density at radius 3 is 2.76 bits per heavy atom. The Morgan fingerprint density at radius 2 is 2.08 bits per heavy atom. The van der Waals surface area contributed by atoms with Crippen molar-refractivity contribution in [3.63, 3.8) is 0 Å². The monoisotopic (exact) mass is 345 g/mol. The molecule has 2 aliphatic rings. The minimum absolute atomic E-state index is 0.150. The molecule has 0 bridgehead atoms. The maximum Gasteiger partial charge on any atom is 0.228 e. The molecule has 0 unspecified atom stereocenters. The van der Waals surface area contributed by atoms with Gasteiger partial charge in [-0.3, -0.25) is 14.6 Å². The van der Waals surface area contributed by atoms with Crippen LogP contribution in [0.4, 0.5) is 0 Å². The van der Waals surface area contributed by atoms with E-state index in [0.717, 1.165) is 44.6 Å². The fraction of sp³-hybridized carbons (Fsp3) is 0.632. The summed E-state index contributed by atoms with van der Waals surface area (Å²) in [4.78, 5) is 32.7. The van der Waals surface area contributed by atoms with Gasteiger partial charge in [0, 0.05) is 51.6 Å². The lowest BCUT2D eigenvalue weighted by Crippen LogP contribution is -2.53. The largest absolute Gasteiger partial charge is 0.383 e. The molecule has 2 saturated heterocycles. The summed E-state index contributed by atoms with van der Waals surface area (Å²) < 4.78 is 5.12. The Morgan fingerprint density at radius 1 is 1.28 bits per heavy atom. The van der Waals surface area contributed by atoms with E-state index < -0.39 is 0 Å². The molecule has 0 atom stereocenters. The normalized spacial score (nSPS) is 20.1. The number of methoxy groups -OCH3 is 1. The van der Waals surface area contributed by atoms with Crippen LogP contribution in [-0.2, 0) is 20.7 Å². The number of carbonyl (C=O) groups is 2. The van der Waals surface area contributed by atoms with E-state index in [-0.39, 0.29) is 17.2 Å². The van der Waals surface area contributed by atoms with Gasteiger partial charge in [-0.2, -0.15) is 0 Å². The van der Waals surface area contributed by atoms with Crippen LogP contribution in [0.5, 0.6) is 0 Å². The fourth-order valence-corrected chi connectivity index (χ4v) is 3.92. The molecule has 6 heteroatoms. The number of pyridine rings is 1. The van der Waals surface area contributed by atoms with E-state index in [1.165, 1.54) is 0 Å². The number of piperidine rings is 2. The second kappa shape index (κ2) is 7.95. The summed E-state index contributed by atoms with van der Waals surface area (Å²) in [6.07, 6.45) is 5.59. The second-order valence-electron chi connectivity index (χ2n) is 7.19. The maximum atomic E-state index is 12.5. The summed E-state index contributed by atoms with van der Waals surface area (Å²) in [5.41, 5.74) is 0.991. The van der Waals surface area contributed by atoms with E-state index in [1.54, 1.807) is 13.3 Å². The zero-order valence-electron chi connectivity index (χ0n) is 14.9. The Hall–Kier alpha value is -1.95. The van der Waals surface area contributed by atoms with E-state index in [9.17, 15) is 9.59 Å². The van der Waals surface area contributed by atoms with Crippen LogP contribution in [0.3, 0.4) is 0 Å². The van der Waals surface area contributed by atoms with Crippen molar-refractivity contribution in [2.75, 3.05) is 39.9 Å². The molecule has 1 aromatic rings. The van der Waals surface area contributed by atoms with Crippen molar-refractivity contribution in [1.29, 1.82) is 0 Å². The highest BCUT2D eigenvalue weighted by Gasteiger charge is 2.41. The van der Waals surface area contributed by atoms with Crippen LogP contribution in [0.15, 0.2) is 24.4 Å². The van der Waals surface area contributed by atoms with E-state index in [4.69, 9.17) is 4.74 Å². The summed E-state index contributed by atoms with van der Waals surface area (Å²) in [5, 5.41) is 0. The molecular formula is C19H27N3O3. The standard InChI is InChI=1S/C19H27N3O3/c1-25-13-12-22-15-19(6-5-17(22)23)7-10-21(11-8-19)18(24)14-16-4-2-3-9-20-16/h2-4,9H,5-8,10-15H2,1H3. The molecule has 0 aliphatic carbocycles. The van der Waals surface area contributed by atoms with Gasteiger partial charge in [0.15, 0.2) is 0 Å². The fourth-order valence-electron chi connectivity index (χ4n) is 3.92. The van der Waals surface area contributed by atoms with Crippen LogP contribution in [0.1, 0.15) is 31.4 Å². The molecule has 3 rings (SSSR count). The van der Waals surface area contributed by atoms with Crippen LogP contribution in [0.2, 0.25) is 0 Å². The van der Waals surface area contributed by atoms with Crippen LogP contribution >= 0.6 is 0 Å². The number of hydrogen-bond donors (Lipinski definition) is 0. The highest BCUT2D eigenvalue weighted by molar-refractivity contribution is 5.79. The molecule has 0 saturated carbocycles. The third-order valence-corrected chi connectivity index (χ3v) is 5.55. The third kappa shape index (κ3) is 4.37. The topological polar surface area (TPSA) is 62.7 Å². The number of amides is 2. The lowest BCUT2D eigenvalue weighted by molar-refractivity contribution is -0.142. The van der Waals surface area contributed by atoms with Gasteiger partial charge in [-0.25, -0.2) is 0 Å². The van der Waals surface area contributed by atoms with Crippen molar-refractivity contribution in [3.05, 3.63) is 30.1 Å². The minimum Gasteiger partial charge on any atom is -0.383 e. The summed E-state index contributed by atoms with van der Waals surface area (Å²) in [5.74, 6) is 0.382. The van der Waals surface area contributed by atoms with Crippen molar-refractivity contribution in [1.82, 2.24) is 14.8 Å². The van der Waals surface area contributed by atoms with Crippen LogP contribution in [0.25, 0.3) is 0 Å². The van der Waals surface area contributed by atoms with Crippen molar-refractivity contribution < 1.29 is 14.3 Å². The van der Waals surface area contributed by atoms with Gasteiger partial charge in [-0.05, 0) is 36.8 Å². The maximum absolute atomic E-state index is 12.5. The first-order valence-corrected chi connectivity index (χ1v) is 9.06. The van der Waals surface area contributed by atoms with Gasteiger partial charge in [0.05, 0.1) is 13.0 Å².